The maximum atomic E-state index is 6.36. The van der Waals surface area contributed by atoms with Crippen molar-refractivity contribution in [3.05, 3.63) is 51.5 Å². The van der Waals surface area contributed by atoms with E-state index in [1.54, 1.807) is 13.3 Å². The third kappa shape index (κ3) is 4.65. The van der Waals surface area contributed by atoms with E-state index in [2.05, 4.69) is 11.9 Å². The van der Waals surface area contributed by atoms with Crippen LogP contribution in [0.5, 0.6) is 11.5 Å². The highest BCUT2D eigenvalue weighted by Gasteiger charge is 2.14. The highest BCUT2D eigenvalue weighted by atomic mass is 35.5. The zero-order chi connectivity index (χ0) is 17.7. The quantitative estimate of drug-likeness (QED) is 0.567. The minimum Gasteiger partial charge on any atom is -0.493 e. The lowest BCUT2D eigenvalue weighted by Crippen LogP contribution is -2.11. The summed E-state index contributed by atoms with van der Waals surface area (Å²) < 4.78 is 11.3. The van der Waals surface area contributed by atoms with Crippen molar-refractivity contribution in [3.8, 4) is 11.5 Å². The molecule has 0 aliphatic rings. The molecular weight excluding hydrogens is 345 g/mol. The molecule has 5 heteroatoms. The maximum absolute atomic E-state index is 6.36. The Balaban J connectivity index is 2.33. The van der Waals surface area contributed by atoms with Crippen LogP contribution >= 0.6 is 23.2 Å². The second kappa shape index (κ2) is 8.41. The van der Waals surface area contributed by atoms with Gasteiger partial charge >= 0.3 is 0 Å². The molecule has 2 rings (SSSR count). The third-order valence-electron chi connectivity index (χ3n) is 3.67. The zero-order valence-corrected chi connectivity index (χ0v) is 15.8. The normalized spacial score (nSPS) is 12.4. The van der Waals surface area contributed by atoms with Gasteiger partial charge in [0.05, 0.1) is 23.9 Å². The van der Waals surface area contributed by atoms with E-state index < -0.39 is 0 Å². The molecule has 0 heterocycles. The summed E-state index contributed by atoms with van der Waals surface area (Å²) in [5, 5.41) is 1.15. The largest absolute Gasteiger partial charge is 0.493 e. The predicted molar refractivity (Wildman–Crippen MR) is 102 cm³/mol. The summed E-state index contributed by atoms with van der Waals surface area (Å²) in [5.41, 5.74) is 2.69. The molecule has 0 amide bonds. The van der Waals surface area contributed by atoms with Crippen LogP contribution in [0.15, 0.2) is 35.3 Å². The smallest absolute Gasteiger partial charge is 0.180 e. The van der Waals surface area contributed by atoms with E-state index >= 15 is 0 Å². The van der Waals surface area contributed by atoms with Gasteiger partial charge in [-0.2, -0.15) is 0 Å². The lowest BCUT2D eigenvalue weighted by molar-refractivity contribution is 0.208. The van der Waals surface area contributed by atoms with Gasteiger partial charge in [0, 0.05) is 11.2 Å². The predicted octanol–water partition coefficient (Wildman–Crippen LogP) is 6.24. The molecule has 0 aromatic heterocycles. The molecule has 0 fully saturated rings. The summed E-state index contributed by atoms with van der Waals surface area (Å²) in [6, 6.07) is 9.27. The van der Waals surface area contributed by atoms with Gasteiger partial charge in [0.2, 0.25) is 0 Å². The highest BCUT2D eigenvalue weighted by Crippen LogP contribution is 2.37. The van der Waals surface area contributed by atoms with Crippen LogP contribution in [0.1, 0.15) is 31.4 Å². The van der Waals surface area contributed by atoms with E-state index in [-0.39, 0.29) is 6.10 Å². The molecule has 0 saturated heterocycles. The molecule has 0 radical (unpaired) electrons. The van der Waals surface area contributed by atoms with Crippen molar-refractivity contribution in [1.82, 2.24) is 0 Å². The van der Waals surface area contributed by atoms with E-state index in [1.807, 2.05) is 44.2 Å². The molecule has 0 bridgehead atoms. The Morgan fingerprint density at radius 2 is 1.96 bits per heavy atom. The Bertz CT molecular complexity index is 744. The minimum atomic E-state index is 0.0602. The molecular formula is C19H21Cl2NO2. The first-order valence-electron chi connectivity index (χ1n) is 7.79. The molecule has 0 unspecified atom stereocenters. The number of ether oxygens (including phenoxy) is 2. The average molecular weight is 366 g/mol. The minimum absolute atomic E-state index is 0.0602. The van der Waals surface area contributed by atoms with Gasteiger partial charge < -0.3 is 9.47 Å². The number of hydrogen-bond acceptors (Lipinski definition) is 3. The van der Waals surface area contributed by atoms with Gasteiger partial charge in [0.15, 0.2) is 11.5 Å². The standard InChI is InChI=1S/C19H21Cl2NO2/c1-5-13(3)24-19-16(21)8-14(9-18(19)23-4)11-22-17-10-15(20)7-6-12(17)2/h6-11,13H,5H2,1-4H3/t13-/m1/s1. The van der Waals surface area contributed by atoms with Crippen molar-refractivity contribution in [2.24, 2.45) is 4.99 Å². The van der Waals surface area contributed by atoms with E-state index in [4.69, 9.17) is 32.7 Å². The number of methoxy groups -OCH3 is 1. The second-order valence-electron chi connectivity index (χ2n) is 5.56. The van der Waals surface area contributed by atoms with Gasteiger partial charge in [-0.05, 0) is 55.7 Å². The molecule has 0 aliphatic heterocycles. The molecule has 2 aromatic rings. The van der Waals surface area contributed by atoms with E-state index in [0.29, 0.717) is 21.5 Å². The Kier molecular flexibility index (Phi) is 6.52. The fourth-order valence-corrected chi connectivity index (χ4v) is 2.51. The van der Waals surface area contributed by atoms with Gasteiger partial charge in [0.1, 0.15) is 0 Å². The van der Waals surface area contributed by atoms with E-state index in [9.17, 15) is 0 Å². The first-order chi connectivity index (χ1) is 11.4. The number of rotatable bonds is 6. The summed E-state index contributed by atoms with van der Waals surface area (Å²) in [6.45, 7) is 6.03. The Hall–Kier alpha value is -1.71. The number of nitrogens with zero attached hydrogens (tertiary/aromatic N) is 1. The van der Waals surface area contributed by atoms with Crippen LogP contribution in [-0.4, -0.2) is 19.4 Å². The zero-order valence-electron chi connectivity index (χ0n) is 14.3. The van der Waals surface area contributed by atoms with Gasteiger partial charge in [-0.3, -0.25) is 4.99 Å². The Labute approximate surface area is 153 Å². The number of aryl methyl sites for hydroxylation is 1. The molecule has 0 saturated carbocycles. The maximum Gasteiger partial charge on any atom is 0.180 e. The Morgan fingerprint density at radius 3 is 2.62 bits per heavy atom. The highest BCUT2D eigenvalue weighted by molar-refractivity contribution is 6.32. The first kappa shape index (κ1) is 18.6. The van der Waals surface area contributed by atoms with Gasteiger partial charge in [-0.25, -0.2) is 0 Å². The van der Waals surface area contributed by atoms with Crippen LogP contribution in [0.3, 0.4) is 0 Å². The lowest BCUT2D eigenvalue weighted by Gasteiger charge is -2.17. The Morgan fingerprint density at radius 1 is 1.21 bits per heavy atom. The molecule has 24 heavy (non-hydrogen) atoms. The van der Waals surface area contributed by atoms with Gasteiger partial charge in [0.25, 0.3) is 0 Å². The number of aliphatic imine (C=N–C) groups is 1. The third-order valence-corrected chi connectivity index (χ3v) is 4.19. The van der Waals surface area contributed by atoms with E-state index in [1.165, 1.54) is 0 Å². The molecule has 1 atom stereocenters. The van der Waals surface area contributed by atoms with Crippen molar-refractivity contribution in [2.45, 2.75) is 33.3 Å². The van der Waals surface area contributed by atoms with Crippen LogP contribution in [0, 0.1) is 6.92 Å². The molecule has 0 spiro atoms. The average Bonchev–Trinajstić information content (AvgIpc) is 2.57. The van der Waals surface area contributed by atoms with Gasteiger partial charge in [-0.1, -0.05) is 36.2 Å². The number of benzene rings is 2. The topological polar surface area (TPSA) is 30.8 Å². The fraction of sp³-hybridized carbons (Fsp3) is 0.316. The molecule has 0 N–H and O–H groups in total. The second-order valence-corrected chi connectivity index (χ2v) is 6.40. The van der Waals surface area contributed by atoms with Crippen molar-refractivity contribution >= 4 is 35.1 Å². The fourth-order valence-electron chi connectivity index (χ4n) is 2.08. The number of halogens is 2. The molecule has 3 nitrogen and oxygen atoms in total. The van der Waals surface area contributed by atoms with Crippen molar-refractivity contribution in [1.29, 1.82) is 0 Å². The van der Waals surface area contributed by atoms with Crippen molar-refractivity contribution < 1.29 is 9.47 Å². The van der Waals surface area contributed by atoms with Crippen molar-refractivity contribution in [3.63, 3.8) is 0 Å². The van der Waals surface area contributed by atoms with Crippen molar-refractivity contribution in [2.75, 3.05) is 7.11 Å². The molecule has 128 valence electrons. The summed E-state index contributed by atoms with van der Waals surface area (Å²) in [7, 11) is 1.59. The summed E-state index contributed by atoms with van der Waals surface area (Å²) in [4.78, 5) is 4.50. The van der Waals surface area contributed by atoms with Crippen LogP contribution in [-0.2, 0) is 0 Å². The van der Waals surface area contributed by atoms with E-state index in [0.717, 1.165) is 23.2 Å². The summed E-state index contributed by atoms with van der Waals surface area (Å²) in [5.74, 6) is 1.15. The van der Waals surface area contributed by atoms with Crippen LogP contribution in [0.2, 0.25) is 10.0 Å². The van der Waals surface area contributed by atoms with Gasteiger partial charge in [-0.15, -0.1) is 0 Å². The summed E-state index contributed by atoms with van der Waals surface area (Å²) >= 11 is 12.4. The van der Waals surface area contributed by atoms with Crippen LogP contribution < -0.4 is 9.47 Å². The SMILES string of the molecule is CC[C@@H](C)Oc1c(Cl)cc(C=Nc2cc(Cl)ccc2C)cc1OC. The van der Waals surface area contributed by atoms with Crippen LogP contribution in [0.4, 0.5) is 5.69 Å². The first-order valence-corrected chi connectivity index (χ1v) is 8.54. The molecule has 2 aromatic carbocycles. The summed E-state index contributed by atoms with van der Waals surface area (Å²) in [6.07, 6.45) is 2.68. The monoisotopic (exact) mass is 365 g/mol. The number of hydrogen-bond donors (Lipinski definition) is 0. The molecule has 0 aliphatic carbocycles. The van der Waals surface area contributed by atoms with Crippen LogP contribution in [0.25, 0.3) is 0 Å². The lowest BCUT2D eigenvalue weighted by atomic mass is 10.2.